The minimum absolute atomic E-state index is 0.168. The molecule has 0 aliphatic heterocycles. The maximum absolute atomic E-state index is 13.6. The summed E-state index contributed by atoms with van der Waals surface area (Å²) >= 11 is 12.5. The first-order chi connectivity index (χ1) is 13.2. The van der Waals surface area contributed by atoms with Gasteiger partial charge in [0.25, 0.3) is 0 Å². The molecule has 1 aliphatic rings. The molecule has 0 saturated heterocycles. The zero-order chi connectivity index (χ0) is 20.6. The fourth-order valence-electron chi connectivity index (χ4n) is 4.24. The Bertz CT molecular complexity index is 948. The Morgan fingerprint density at radius 2 is 1.43 bits per heavy atom. The highest BCUT2D eigenvalue weighted by Gasteiger charge is 2.61. The predicted molar refractivity (Wildman–Crippen MR) is 115 cm³/mol. The van der Waals surface area contributed by atoms with Gasteiger partial charge in [0.05, 0.1) is 21.2 Å². The number of carbonyl (C=O) groups is 2. The third-order valence-electron chi connectivity index (χ3n) is 5.51. The summed E-state index contributed by atoms with van der Waals surface area (Å²) < 4.78 is 13.6. The number of hydrogen-bond donors (Lipinski definition) is 0. The van der Waals surface area contributed by atoms with E-state index in [0.29, 0.717) is 18.4 Å². The van der Waals surface area contributed by atoms with Crippen LogP contribution in [0.5, 0.6) is 0 Å². The molecule has 1 atom stereocenters. The maximum Gasteiger partial charge on any atom is 0.434 e. The number of Topliss-reactive ketones (excluding diaryl/α,β-unsaturated/α-hetero) is 1. The molecule has 0 heterocycles. The molecule has 1 unspecified atom stereocenters. The van der Waals surface area contributed by atoms with E-state index >= 15 is 0 Å². The summed E-state index contributed by atoms with van der Waals surface area (Å²) in [5, 5.41) is -0.796. The van der Waals surface area contributed by atoms with Crippen LogP contribution in [0.1, 0.15) is 63.1 Å². The predicted octanol–water partition coefficient (Wildman–Crippen LogP) is 7.08. The number of ketones is 1. The summed E-state index contributed by atoms with van der Waals surface area (Å²) in [6.07, 6.45) is 2.29. The molecule has 146 valence electrons. The third kappa shape index (κ3) is 3.56. The lowest BCUT2D eigenvalue weighted by Crippen LogP contribution is -2.34. The monoisotopic (exact) mass is 435 g/mol. The Kier molecular flexibility index (Phi) is 6.10. The summed E-state index contributed by atoms with van der Waals surface area (Å²) in [5.74, 6) is -0.377. The van der Waals surface area contributed by atoms with Gasteiger partial charge in [0, 0.05) is 12.8 Å². The second-order valence-electron chi connectivity index (χ2n) is 7.54. The highest BCUT2D eigenvalue weighted by molar-refractivity contribution is 7.67. The van der Waals surface area contributed by atoms with Crippen LogP contribution in [0.4, 0.5) is 0 Å². The molecular formula is C22H22Cl2O3P+. The number of hydrogen-bond acceptors (Lipinski definition) is 3. The third-order valence-corrected chi connectivity index (χ3v) is 8.16. The van der Waals surface area contributed by atoms with Crippen LogP contribution in [0.25, 0.3) is 0 Å². The minimum atomic E-state index is -2.49. The molecule has 0 N–H and O–H groups in total. The normalized spacial score (nSPS) is 16.1. The van der Waals surface area contributed by atoms with Crippen molar-refractivity contribution >= 4 is 42.3 Å². The van der Waals surface area contributed by atoms with Crippen LogP contribution < -0.4 is 0 Å². The van der Waals surface area contributed by atoms with Gasteiger partial charge in [-0.05, 0) is 56.9 Å². The van der Waals surface area contributed by atoms with Crippen LogP contribution in [0, 0.1) is 20.8 Å². The van der Waals surface area contributed by atoms with Crippen molar-refractivity contribution in [2.75, 3.05) is 0 Å². The van der Waals surface area contributed by atoms with Crippen molar-refractivity contribution in [3.8, 4) is 0 Å². The van der Waals surface area contributed by atoms with E-state index in [2.05, 4.69) is 0 Å². The Balaban J connectivity index is 2.09. The van der Waals surface area contributed by atoms with Gasteiger partial charge in [0.2, 0.25) is 10.9 Å². The highest BCUT2D eigenvalue weighted by atomic mass is 35.5. The molecular weight excluding hydrogens is 414 g/mol. The Hall–Kier alpha value is -1.54. The van der Waals surface area contributed by atoms with Crippen molar-refractivity contribution in [3.63, 3.8) is 0 Å². The van der Waals surface area contributed by atoms with E-state index in [0.717, 1.165) is 29.5 Å². The molecule has 6 heteroatoms. The van der Waals surface area contributed by atoms with Gasteiger partial charge in [-0.2, -0.15) is 0 Å². The van der Waals surface area contributed by atoms with E-state index in [9.17, 15) is 14.2 Å². The lowest BCUT2D eigenvalue weighted by molar-refractivity contribution is 0.0931. The van der Waals surface area contributed by atoms with Crippen molar-refractivity contribution in [2.24, 2.45) is 0 Å². The van der Waals surface area contributed by atoms with Gasteiger partial charge in [-0.15, -0.1) is 0 Å². The molecule has 0 bridgehead atoms. The number of carbonyl (C=O) groups excluding carboxylic acids is 2. The standard InChI is InChI=1S/C22H22Cl2O3P/c1-13-11-14(2)18(15(3)12-13)21(26)28(27)22(9-4-5-10-22)20(25)19-16(23)7-6-8-17(19)24/h6-8,11-12H,4-5,9-10H2,1-3H3/q+1. The van der Waals surface area contributed by atoms with E-state index in [1.807, 2.05) is 32.9 Å². The summed E-state index contributed by atoms with van der Waals surface area (Å²) in [6.45, 7) is 5.63. The topological polar surface area (TPSA) is 51.2 Å². The lowest BCUT2D eigenvalue weighted by Gasteiger charge is -2.18. The van der Waals surface area contributed by atoms with Gasteiger partial charge in [-0.3, -0.25) is 4.79 Å². The summed E-state index contributed by atoms with van der Waals surface area (Å²) in [4.78, 5) is 26.8. The van der Waals surface area contributed by atoms with Crippen LogP contribution in [0.15, 0.2) is 30.3 Å². The Morgan fingerprint density at radius 1 is 0.929 bits per heavy atom. The second kappa shape index (κ2) is 8.06. The van der Waals surface area contributed by atoms with Crippen LogP contribution in [0.2, 0.25) is 10.0 Å². The van der Waals surface area contributed by atoms with Gasteiger partial charge in [0.1, 0.15) is 0 Å². The largest absolute Gasteiger partial charge is 0.434 e. The van der Waals surface area contributed by atoms with Crippen molar-refractivity contribution in [2.45, 2.75) is 51.6 Å². The smallest absolute Gasteiger partial charge is 0.289 e. The molecule has 1 aliphatic carbocycles. The summed E-state index contributed by atoms with van der Waals surface area (Å²) in [7, 11) is -2.49. The first-order valence-electron chi connectivity index (χ1n) is 9.27. The average molecular weight is 436 g/mol. The molecule has 3 rings (SSSR count). The van der Waals surface area contributed by atoms with E-state index in [-0.39, 0.29) is 21.4 Å². The van der Waals surface area contributed by atoms with E-state index < -0.39 is 18.5 Å². The maximum atomic E-state index is 13.6. The van der Waals surface area contributed by atoms with Crippen molar-refractivity contribution in [1.29, 1.82) is 0 Å². The molecule has 1 saturated carbocycles. The molecule has 0 aromatic heterocycles. The van der Waals surface area contributed by atoms with Crippen molar-refractivity contribution in [1.82, 2.24) is 0 Å². The zero-order valence-electron chi connectivity index (χ0n) is 16.1. The van der Waals surface area contributed by atoms with Crippen molar-refractivity contribution in [3.05, 3.63) is 68.2 Å². The van der Waals surface area contributed by atoms with Gasteiger partial charge in [-0.25, -0.2) is 4.79 Å². The highest BCUT2D eigenvalue weighted by Crippen LogP contribution is 2.55. The van der Waals surface area contributed by atoms with E-state index in [1.165, 1.54) is 0 Å². The van der Waals surface area contributed by atoms with E-state index in [1.54, 1.807) is 18.2 Å². The van der Waals surface area contributed by atoms with Crippen molar-refractivity contribution < 1.29 is 14.2 Å². The molecule has 0 spiro atoms. The molecule has 28 heavy (non-hydrogen) atoms. The second-order valence-corrected chi connectivity index (χ2v) is 10.2. The van der Waals surface area contributed by atoms with Gasteiger partial charge in [-0.1, -0.05) is 51.5 Å². The molecule has 1 fully saturated rings. The molecule has 3 nitrogen and oxygen atoms in total. The number of benzene rings is 2. The quantitative estimate of drug-likeness (QED) is 0.372. The number of aryl methyl sites for hydroxylation is 3. The van der Waals surface area contributed by atoms with Crippen LogP contribution in [-0.4, -0.2) is 16.5 Å². The fraction of sp³-hybridized carbons (Fsp3) is 0.364. The van der Waals surface area contributed by atoms with Gasteiger partial charge in [0.15, 0.2) is 0 Å². The van der Waals surface area contributed by atoms with Crippen LogP contribution >= 0.6 is 31.0 Å². The molecule has 0 amide bonds. The Labute approximate surface area is 176 Å². The number of halogens is 2. The first kappa shape index (κ1) is 21.2. The first-order valence-corrected chi connectivity index (χ1v) is 11.3. The SMILES string of the molecule is Cc1cc(C)c(C(=O)[P+](=O)C2(C(=O)c3c(Cl)cccc3Cl)CCCC2)c(C)c1. The molecule has 2 aromatic rings. The minimum Gasteiger partial charge on any atom is -0.289 e. The summed E-state index contributed by atoms with van der Waals surface area (Å²) in [6, 6.07) is 8.64. The zero-order valence-corrected chi connectivity index (χ0v) is 18.5. The lowest BCUT2D eigenvalue weighted by atomic mass is 9.95. The summed E-state index contributed by atoms with van der Waals surface area (Å²) in [5.41, 5.74) is 2.77. The average Bonchev–Trinajstić information content (AvgIpc) is 3.10. The Morgan fingerprint density at radius 3 is 1.93 bits per heavy atom. The van der Waals surface area contributed by atoms with Gasteiger partial charge >= 0.3 is 13.3 Å². The molecule has 2 aromatic carbocycles. The van der Waals surface area contributed by atoms with Gasteiger partial charge < -0.3 is 0 Å². The number of rotatable bonds is 5. The molecule has 0 radical (unpaired) electrons. The van der Waals surface area contributed by atoms with Crippen LogP contribution in [0.3, 0.4) is 0 Å². The van der Waals surface area contributed by atoms with Crippen LogP contribution in [-0.2, 0) is 4.57 Å². The fourth-order valence-corrected chi connectivity index (χ4v) is 6.78. The van der Waals surface area contributed by atoms with E-state index in [4.69, 9.17) is 23.2 Å².